The van der Waals surface area contributed by atoms with Crippen LogP contribution in [-0.4, -0.2) is 17.4 Å². The molecule has 1 heterocycles. The number of H-pyrrole nitrogens is 1. The average Bonchev–Trinajstić information content (AvgIpc) is 2.61. The lowest BCUT2D eigenvalue weighted by Gasteiger charge is -2.07. The Hall–Kier alpha value is -2.88. The maximum absolute atomic E-state index is 12.3. The zero-order valence-electron chi connectivity index (χ0n) is 13.6. The monoisotopic (exact) mass is 320 g/mol. The molecule has 0 aliphatic carbocycles. The summed E-state index contributed by atoms with van der Waals surface area (Å²) in [6, 6.07) is 17.4. The highest BCUT2D eigenvalue weighted by molar-refractivity contribution is 5.97. The predicted molar refractivity (Wildman–Crippen MR) is 96.4 cm³/mol. The molecule has 0 bridgehead atoms. The van der Waals surface area contributed by atoms with Crippen molar-refractivity contribution in [1.82, 2.24) is 10.3 Å². The van der Waals surface area contributed by atoms with Crippen molar-refractivity contribution in [3.05, 3.63) is 81.6 Å². The lowest BCUT2D eigenvalue weighted by Crippen LogP contribution is -2.31. The van der Waals surface area contributed by atoms with Gasteiger partial charge in [-0.25, -0.2) is 0 Å². The Morgan fingerprint density at radius 3 is 2.50 bits per heavy atom. The van der Waals surface area contributed by atoms with Crippen LogP contribution in [0.3, 0.4) is 0 Å². The van der Waals surface area contributed by atoms with E-state index in [0.29, 0.717) is 6.54 Å². The van der Waals surface area contributed by atoms with Crippen molar-refractivity contribution in [1.29, 1.82) is 0 Å². The van der Waals surface area contributed by atoms with Crippen LogP contribution in [0.4, 0.5) is 0 Å². The second-order valence-electron chi connectivity index (χ2n) is 5.78. The Morgan fingerprint density at radius 1 is 1.04 bits per heavy atom. The number of nitrogens with one attached hydrogen (secondary N) is 2. The number of para-hydroxylation sites is 1. The fourth-order valence-corrected chi connectivity index (χ4v) is 2.67. The molecule has 0 saturated heterocycles. The number of hydrogen-bond acceptors (Lipinski definition) is 2. The van der Waals surface area contributed by atoms with E-state index in [1.807, 2.05) is 24.3 Å². The highest BCUT2D eigenvalue weighted by atomic mass is 16.2. The SMILES string of the molecule is CCc1ccc(CCNC(=O)c2cc3ccccc3[nH]c2=O)cc1. The van der Waals surface area contributed by atoms with Crippen LogP contribution in [0.1, 0.15) is 28.4 Å². The van der Waals surface area contributed by atoms with Crippen molar-refractivity contribution >= 4 is 16.8 Å². The lowest BCUT2D eigenvalue weighted by atomic mass is 10.1. The quantitative estimate of drug-likeness (QED) is 0.759. The van der Waals surface area contributed by atoms with Crippen molar-refractivity contribution in [2.75, 3.05) is 6.54 Å². The summed E-state index contributed by atoms with van der Waals surface area (Å²) in [7, 11) is 0. The van der Waals surface area contributed by atoms with Gasteiger partial charge in [0.05, 0.1) is 0 Å². The number of pyridine rings is 1. The summed E-state index contributed by atoms with van der Waals surface area (Å²) in [5.74, 6) is -0.341. The van der Waals surface area contributed by atoms with Crippen LogP contribution in [0, 0.1) is 0 Å². The van der Waals surface area contributed by atoms with Crippen LogP contribution in [0.15, 0.2) is 59.4 Å². The molecule has 4 nitrogen and oxygen atoms in total. The first-order valence-electron chi connectivity index (χ1n) is 8.15. The summed E-state index contributed by atoms with van der Waals surface area (Å²) < 4.78 is 0. The van der Waals surface area contributed by atoms with Gasteiger partial charge < -0.3 is 10.3 Å². The molecule has 4 heteroatoms. The summed E-state index contributed by atoms with van der Waals surface area (Å²) in [6.45, 7) is 2.62. The molecule has 1 aromatic heterocycles. The molecular formula is C20H20N2O2. The van der Waals surface area contributed by atoms with Gasteiger partial charge in [0.25, 0.3) is 11.5 Å². The number of fused-ring (bicyclic) bond motifs is 1. The average molecular weight is 320 g/mol. The molecule has 24 heavy (non-hydrogen) atoms. The number of aromatic amines is 1. The van der Waals surface area contributed by atoms with Crippen molar-refractivity contribution in [3.63, 3.8) is 0 Å². The zero-order valence-corrected chi connectivity index (χ0v) is 13.6. The second kappa shape index (κ2) is 7.13. The van der Waals surface area contributed by atoms with Crippen LogP contribution >= 0.6 is 0 Å². The molecule has 3 aromatic rings. The predicted octanol–water partition coefficient (Wildman–Crippen LogP) is 3.06. The highest BCUT2D eigenvalue weighted by Crippen LogP contribution is 2.10. The maximum atomic E-state index is 12.3. The Balaban J connectivity index is 1.66. The number of carbonyl (C=O) groups is 1. The van der Waals surface area contributed by atoms with Crippen LogP contribution < -0.4 is 10.9 Å². The largest absolute Gasteiger partial charge is 0.352 e. The standard InChI is InChI=1S/C20H20N2O2/c1-2-14-7-9-15(10-8-14)11-12-21-19(23)17-13-16-5-3-4-6-18(16)22-20(17)24/h3-10,13H,2,11-12H2,1H3,(H,21,23)(H,22,24). The molecule has 3 rings (SSSR count). The van der Waals surface area contributed by atoms with E-state index in [1.165, 1.54) is 11.1 Å². The number of rotatable bonds is 5. The van der Waals surface area contributed by atoms with Gasteiger partial charge in [0.2, 0.25) is 0 Å². The number of aryl methyl sites for hydroxylation is 1. The van der Waals surface area contributed by atoms with Gasteiger partial charge in [0, 0.05) is 12.1 Å². The molecule has 0 atom stereocenters. The van der Waals surface area contributed by atoms with Gasteiger partial charge >= 0.3 is 0 Å². The van der Waals surface area contributed by atoms with Crippen LogP contribution in [-0.2, 0) is 12.8 Å². The topological polar surface area (TPSA) is 62.0 Å². The van der Waals surface area contributed by atoms with Crippen molar-refractivity contribution in [2.24, 2.45) is 0 Å². The summed E-state index contributed by atoms with van der Waals surface area (Å²) in [5, 5.41) is 3.67. The number of hydrogen-bond donors (Lipinski definition) is 2. The summed E-state index contributed by atoms with van der Waals surface area (Å²) in [5.41, 5.74) is 2.98. The Bertz CT molecular complexity index is 911. The third-order valence-corrected chi connectivity index (χ3v) is 4.13. The van der Waals surface area contributed by atoms with Crippen molar-refractivity contribution in [3.8, 4) is 0 Å². The highest BCUT2D eigenvalue weighted by Gasteiger charge is 2.11. The molecule has 0 aliphatic rings. The maximum Gasteiger partial charge on any atom is 0.261 e. The molecule has 0 spiro atoms. The van der Waals surface area contributed by atoms with Gasteiger partial charge in [-0.3, -0.25) is 9.59 Å². The molecule has 1 amide bonds. The van der Waals surface area contributed by atoms with Crippen LogP contribution in [0.5, 0.6) is 0 Å². The van der Waals surface area contributed by atoms with Crippen LogP contribution in [0.25, 0.3) is 10.9 Å². The smallest absolute Gasteiger partial charge is 0.261 e. The Kier molecular flexibility index (Phi) is 4.75. The molecule has 0 fully saturated rings. The third kappa shape index (κ3) is 3.54. The van der Waals surface area contributed by atoms with E-state index in [-0.39, 0.29) is 17.0 Å². The van der Waals surface area contributed by atoms with E-state index < -0.39 is 0 Å². The van der Waals surface area contributed by atoms with E-state index in [9.17, 15) is 9.59 Å². The fourth-order valence-electron chi connectivity index (χ4n) is 2.67. The zero-order chi connectivity index (χ0) is 16.9. The number of aromatic nitrogens is 1. The molecule has 0 radical (unpaired) electrons. The van der Waals surface area contributed by atoms with Gasteiger partial charge in [-0.1, -0.05) is 49.4 Å². The third-order valence-electron chi connectivity index (χ3n) is 4.13. The van der Waals surface area contributed by atoms with Crippen molar-refractivity contribution < 1.29 is 4.79 Å². The van der Waals surface area contributed by atoms with E-state index in [4.69, 9.17) is 0 Å². The number of benzene rings is 2. The first-order valence-corrected chi connectivity index (χ1v) is 8.15. The van der Waals surface area contributed by atoms with Gasteiger partial charge in [-0.05, 0) is 41.5 Å². The minimum atomic E-state index is -0.363. The Labute approximate surface area is 140 Å². The molecule has 122 valence electrons. The number of carbonyl (C=O) groups excluding carboxylic acids is 1. The molecule has 2 aromatic carbocycles. The first-order chi connectivity index (χ1) is 11.7. The second-order valence-corrected chi connectivity index (χ2v) is 5.78. The van der Waals surface area contributed by atoms with Gasteiger partial charge in [-0.2, -0.15) is 0 Å². The molecule has 2 N–H and O–H groups in total. The number of amides is 1. The van der Waals surface area contributed by atoms with Gasteiger partial charge in [0.1, 0.15) is 5.56 Å². The van der Waals surface area contributed by atoms with Crippen molar-refractivity contribution in [2.45, 2.75) is 19.8 Å². The minimum absolute atomic E-state index is 0.148. The summed E-state index contributed by atoms with van der Waals surface area (Å²) >= 11 is 0. The van der Waals surface area contributed by atoms with E-state index >= 15 is 0 Å². The summed E-state index contributed by atoms with van der Waals surface area (Å²) in [6.07, 6.45) is 1.75. The molecular weight excluding hydrogens is 300 g/mol. The Morgan fingerprint density at radius 2 is 1.75 bits per heavy atom. The van der Waals surface area contributed by atoms with Gasteiger partial charge in [0.15, 0.2) is 0 Å². The van der Waals surface area contributed by atoms with Crippen LogP contribution in [0.2, 0.25) is 0 Å². The molecule has 0 unspecified atom stereocenters. The fraction of sp³-hybridized carbons (Fsp3) is 0.200. The van der Waals surface area contributed by atoms with E-state index in [0.717, 1.165) is 23.7 Å². The lowest BCUT2D eigenvalue weighted by molar-refractivity contribution is 0.0953. The normalized spacial score (nSPS) is 10.7. The van der Waals surface area contributed by atoms with E-state index in [1.54, 1.807) is 6.07 Å². The molecule has 0 aliphatic heterocycles. The molecule has 0 saturated carbocycles. The van der Waals surface area contributed by atoms with Gasteiger partial charge in [-0.15, -0.1) is 0 Å². The summed E-state index contributed by atoms with van der Waals surface area (Å²) in [4.78, 5) is 27.1. The minimum Gasteiger partial charge on any atom is -0.352 e. The first kappa shape index (κ1) is 16.0. The van der Waals surface area contributed by atoms with E-state index in [2.05, 4.69) is 41.5 Å².